The number of ether oxygens (including phenoxy) is 1. The summed E-state index contributed by atoms with van der Waals surface area (Å²) >= 11 is 0. The lowest BCUT2D eigenvalue weighted by molar-refractivity contribution is -0.149. The summed E-state index contributed by atoms with van der Waals surface area (Å²) in [5.41, 5.74) is 0.0354. The van der Waals surface area contributed by atoms with E-state index in [9.17, 15) is 9.59 Å². The molecule has 4 rings (SSSR count). The highest BCUT2D eigenvalue weighted by Crippen LogP contribution is 2.45. The van der Waals surface area contributed by atoms with Crippen molar-refractivity contribution in [3.63, 3.8) is 0 Å². The Kier molecular flexibility index (Phi) is 3.25. The van der Waals surface area contributed by atoms with Gasteiger partial charge in [0.2, 0.25) is 5.91 Å². The van der Waals surface area contributed by atoms with Gasteiger partial charge in [-0.15, -0.1) is 0 Å². The lowest BCUT2D eigenvalue weighted by atomic mass is 9.85. The first-order chi connectivity index (χ1) is 11.2. The van der Waals surface area contributed by atoms with Gasteiger partial charge in [0.15, 0.2) is 5.82 Å². The van der Waals surface area contributed by atoms with Crippen molar-refractivity contribution in [3.8, 4) is 0 Å². The van der Waals surface area contributed by atoms with Gasteiger partial charge in [-0.2, -0.15) is 0 Å². The minimum Gasteiger partial charge on any atom is -0.458 e. The van der Waals surface area contributed by atoms with Crippen molar-refractivity contribution in [2.75, 3.05) is 5.32 Å². The van der Waals surface area contributed by atoms with E-state index in [-0.39, 0.29) is 18.3 Å². The predicted octanol–water partition coefficient (Wildman–Crippen LogP) is 2.44. The van der Waals surface area contributed by atoms with Crippen LogP contribution in [-0.2, 0) is 14.3 Å². The number of esters is 1. The molecule has 1 N–H and O–H groups in total. The molecule has 23 heavy (non-hydrogen) atoms. The molecule has 1 saturated heterocycles. The van der Waals surface area contributed by atoms with Gasteiger partial charge in [0.1, 0.15) is 11.1 Å². The molecule has 3 heterocycles. The van der Waals surface area contributed by atoms with E-state index in [1.807, 2.05) is 18.2 Å². The third-order valence-corrected chi connectivity index (χ3v) is 4.85. The average Bonchev–Trinajstić information content (AvgIpc) is 3.15. The van der Waals surface area contributed by atoms with E-state index < -0.39 is 11.5 Å². The fourth-order valence-electron chi connectivity index (χ4n) is 3.75. The number of nitrogens with zero attached hydrogens (tertiary/aromatic N) is 2. The molecule has 0 radical (unpaired) electrons. The van der Waals surface area contributed by atoms with Gasteiger partial charge in [-0.25, -0.2) is 4.98 Å². The topological polar surface area (TPSA) is 81.2 Å². The number of carbonyl (C=O) groups is 2. The molecule has 0 bridgehead atoms. The number of hydrogen-bond donors (Lipinski definition) is 1. The van der Waals surface area contributed by atoms with Crippen LogP contribution < -0.4 is 5.32 Å². The van der Waals surface area contributed by atoms with Crippen molar-refractivity contribution in [2.24, 2.45) is 5.92 Å². The van der Waals surface area contributed by atoms with Crippen LogP contribution in [0.4, 0.5) is 5.82 Å². The molecular weight excluding hydrogens is 294 g/mol. The fourth-order valence-corrected chi connectivity index (χ4v) is 3.75. The average molecular weight is 311 g/mol. The van der Waals surface area contributed by atoms with Crippen molar-refractivity contribution in [3.05, 3.63) is 30.6 Å². The molecule has 1 unspecified atom stereocenters. The number of aromatic nitrogens is 2. The zero-order chi connectivity index (χ0) is 15.9. The van der Waals surface area contributed by atoms with Crippen LogP contribution in [0.25, 0.3) is 10.9 Å². The van der Waals surface area contributed by atoms with Crippen molar-refractivity contribution in [1.29, 1.82) is 0 Å². The molecular formula is C17H17N3O3. The minimum atomic E-state index is -0.612. The lowest BCUT2D eigenvalue weighted by Crippen LogP contribution is -2.39. The zero-order valence-corrected chi connectivity index (χ0v) is 12.6. The lowest BCUT2D eigenvalue weighted by Gasteiger charge is -2.27. The monoisotopic (exact) mass is 311 g/mol. The largest absolute Gasteiger partial charge is 0.458 e. The molecule has 1 amide bonds. The molecule has 6 heteroatoms. The Morgan fingerprint density at radius 2 is 2.04 bits per heavy atom. The van der Waals surface area contributed by atoms with E-state index in [0.717, 1.165) is 31.1 Å². The molecule has 6 nitrogen and oxygen atoms in total. The Morgan fingerprint density at radius 1 is 1.22 bits per heavy atom. The molecule has 1 aliphatic carbocycles. The van der Waals surface area contributed by atoms with Gasteiger partial charge in [0.05, 0.1) is 12.3 Å². The van der Waals surface area contributed by atoms with Crippen LogP contribution in [-0.4, -0.2) is 27.4 Å². The maximum atomic E-state index is 12.8. The summed E-state index contributed by atoms with van der Waals surface area (Å²) in [5, 5.41) is 3.76. The number of amides is 1. The Balaban J connectivity index is 1.63. The number of anilines is 1. The maximum Gasteiger partial charge on any atom is 0.307 e. The van der Waals surface area contributed by atoms with Crippen LogP contribution in [0.15, 0.2) is 30.6 Å². The highest BCUT2D eigenvalue weighted by atomic mass is 16.6. The molecule has 2 aliphatic rings. The smallest absolute Gasteiger partial charge is 0.307 e. The molecule has 1 saturated carbocycles. The number of nitrogens with one attached hydrogen (secondary N) is 1. The van der Waals surface area contributed by atoms with Gasteiger partial charge >= 0.3 is 5.97 Å². The van der Waals surface area contributed by atoms with Crippen molar-refractivity contribution in [2.45, 2.75) is 37.7 Å². The van der Waals surface area contributed by atoms with E-state index in [2.05, 4.69) is 15.3 Å². The van der Waals surface area contributed by atoms with Crippen molar-refractivity contribution in [1.82, 2.24) is 9.97 Å². The van der Waals surface area contributed by atoms with E-state index in [1.165, 1.54) is 0 Å². The third-order valence-electron chi connectivity index (χ3n) is 4.85. The Bertz CT molecular complexity index is 778. The number of carbonyl (C=O) groups excluding carboxylic acids is 2. The molecule has 1 aliphatic heterocycles. The molecule has 2 aromatic rings. The molecule has 2 fully saturated rings. The van der Waals surface area contributed by atoms with Gasteiger partial charge in [-0.05, 0) is 37.8 Å². The van der Waals surface area contributed by atoms with Gasteiger partial charge in [0.25, 0.3) is 0 Å². The highest BCUT2D eigenvalue weighted by molar-refractivity contribution is 6.01. The van der Waals surface area contributed by atoms with Gasteiger partial charge < -0.3 is 10.1 Å². The van der Waals surface area contributed by atoms with Crippen molar-refractivity contribution < 1.29 is 14.3 Å². The van der Waals surface area contributed by atoms with Crippen molar-refractivity contribution >= 4 is 28.6 Å². The number of fused-ring (bicyclic) bond motifs is 1. The van der Waals surface area contributed by atoms with Gasteiger partial charge in [-0.3, -0.25) is 14.6 Å². The van der Waals surface area contributed by atoms with Crippen LogP contribution in [0, 0.1) is 5.92 Å². The Hall–Kier alpha value is -2.50. The van der Waals surface area contributed by atoms with Gasteiger partial charge in [0, 0.05) is 17.8 Å². The molecule has 1 spiro atoms. The second-order valence-electron chi connectivity index (χ2n) is 6.23. The van der Waals surface area contributed by atoms with E-state index in [0.29, 0.717) is 11.3 Å². The first-order valence-corrected chi connectivity index (χ1v) is 7.90. The van der Waals surface area contributed by atoms with E-state index in [1.54, 1.807) is 12.4 Å². The molecule has 0 aromatic carbocycles. The van der Waals surface area contributed by atoms with Crippen LogP contribution >= 0.6 is 0 Å². The second-order valence-corrected chi connectivity index (χ2v) is 6.23. The second kappa shape index (κ2) is 5.30. The molecule has 1 atom stereocenters. The summed E-state index contributed by atoms with van der Waals surface area (Å²) in [6, 6.07) is 5.60. The fraction of sp³-hybridized carbons (Fsp3) is 0.412. The molecule has 118 valence electrons. The first kappa shape index (κ1) is 14.1. The minimum absolute atomic E-state index is 0.143. The number of rotatable bonds is 2. The highest BCUT2D eigenvalue weighted by Gasteiger charge is 2.54. The summed E-state index contributed by atoms with van der Waals surface area (Å²) in [7, 11) is 0. The summed E-state index contributed by atoms with van der Waals surface area (Å²) in [5.74, 6) is -0.502. The standard InChI is InChI=1S/C17H17N3O3/c21-13-10-12(17(23-13)6-1-2-7-17)16(22)20-15-14-11(5-9-19-15)4-3-8-18-14/h3-5,8-9,12H,1-2,6-7,10H2,(H,19,20,22). The van der Waals surface area contributed by atoms with E-state index in [4.69, 9.17) is 4.74 Å². The van der Waals surface area contributed by atoms with Gasteiger partial charge in [-0.1, -0.05) is 6.07 Å². The summed E-state index contributed by atoms with van der Waals surface area (Å²) in [6.45, 7) is 0. The van der Waals surface area contributed by atoms with Crippen LogP contribution in [0.1, 0.15) is 32.1 Å². The SMILES string of the molecule is O=C1CC(C(=O)Nc2nccc3cccnc23)C2(CCCC2)O1. The van der Waals surface area contributed by atoms with Crippen LogP contribution in [0.5, 0.6) is 0 Å². The summed E-state index contributed by atoms with van der Waals surface area (Å²) < 4.78 is 5.53. The zero-order valence-electron chi connectivity index (χ0n) is 12.6. The number of hydrogen-bond acceptors (Lipinski definition) is 5. The molecule has 2 aromatic heterocycles. The third kappa shape index (κ3) is 2.34. The number of pyridine rings is 2. The Morgan fingerprint density at radius 3 is 2.87 bits per heavy atom. The summed E-state index contributed by atoms with van der Waals surface area (Å²) in [6.07, 6.45) is 6.96. The maximum absolute atomic E-state index is 12.8. The quantitative estimate of drug-likeness (QED) is 0.862. The van der Waals surface area contributed by atoms with E-state index >= 15 is 0 Å². The normalized spacial score (nSPS) is 22.4. The van der Waals surface area contributed by atoms with Crippen LogP contribution in [0.2, 0.25) is 0 Å². The first-order valence-electron chi connectivity index (χ1n) is 7.90. The Labute approximate surface area is 133 Å². The summed E-state index contributed by atoms with van der Waals surface area (Å²) in [4.78, 5) is 33.0. The van der Waals surface area contributed by atoms with Crippen LogP contribution in [0.3, 0.4) is 0 Å². The predicted molar refractivity (Wildman–Crippen MR) is 83.6 cm³/mol.